The van der Waals surface area contributed by atoms with E-state index in [-0.39, 0.29) is 23.1 Å². The number of hydrogen-bond donors (Lipinski definition) is 0. The number of piperidine rings is 1. The maximum atomic E-state index is 12.9. The van der Waals surface area contributed by atoms with Crippen molar-refractivity contribution in [3.8, 4) is 5.88 Å². The molecule has 2 saturated heterocycles. The summed E-state index contributed by atoms with van der Waals surface area (Å²) in [6, 6.07) is 5.55. The molecule has 2 unspecified atom stereocenters. The van der Waals surface area contributed by atoms with E-state index in [1.165, 1.54) is 10.9 Å². The first kappa shape index (κ1) is 15.6. The molecule has 24 heavy (non-hydrogen) atoms. The van der Waals surface area contributed by atoms with Gasteiger partial charge in [-0.2, -0.15) is 9.40 Å². The Labute approximate surface area is 141 Å². The summed E-state index contributed by atoms with van der Waals surface area (Å²) < 4.78 is 35.1. The zero-order chi connectivity index (χ0) is 16.7. The molecule has 8 heteroatoms. The van der Waals surface area contributed by atoms with E-state index in [0.717, 1.165) is 12.8 Å². The molecule has 2 aliphatic heterocycles. The number of nitrogens with zero attached hydrogens (tertiary/aromatic N) is 4. The van der Waals surface area contributed by atoms with Crippen molar-refractivity contribution in [1.29, 1.82) is 0 Å². The number of sulfonamides is 1. The molecule has 4 rings (SSSR count). The van der Waals surface area contributed by atoms with Crippen LogP contribution in [0.3, 0.4) is 0 Å². The van der Waals surface area contributed by atoms with Gasteiger partial charge in [-0.1, -0.05) is 6.07 Å². The summed E-state index contributed by atoms with van der Waals surface area (Å²) in [4.78, 5) is 4.47. The SMILES string of the molecule is Cn1cc(S(=O)(=O)N2C3CCC2CC(Oc2ccccn2)C3)cn1. The predicted molar refractivity (Wildman–Crippen MR) is 86.9 cm³/mol. The molecular formula is C16H20N4O3S. The molecule has 2 aliphatic rings. The van der Waals surface area contributed by atoms with Gasteiger partial charge in [-0.15, -0.1) is 0 Å². The third-order valence-corrected chi connectivity index (χ3v) is 6.76. The standard InChI is InChI=1S/C16H20N4O3S/c1-19-11-15(10-18-19)24(21,22)20-12-5-6-13(20)9-14(8-12)23-16-4-2-3-7-17-16/h2-4,7,10-14H,5-6,8-9H2,1H3. The highest BCUT2D eigenvalue weighted by Gasteiger charge is 2.48. The van der Waals surface area contributed by atoms with Crippen molar-refractivity contribution in [2.24, 2.45) is 7.05 Å². The third-order valence-electron chi connectivity index (χ3n) is 4.80. The maximum absolute atomic E-state index is 12.9. The number of hydrogen-bond acceptors (Lipinski definition) is 5. The van der Waals surface area contributed by atoms with Gasteiger partial charge in [-0.25, -0.2) is 13.4 Å². The lowest BCUT2D eigenvalue weighted by Crippen LogP contribution is -2.49. The number of rotatable bonds is 4. The lowest BCUT2D eigenvalue weighted by Gasteiger charge is -2.37. The third kappa shape index (κ3) is 2.69. The zero-order valence-electron chi connectivity index (χ0n) is 13.4. The fourth-order valence-electron chi connectivity index (χ4n) is 3.81. The Balaban J connectivity index is 1.53. The minimum absolute atomic E-state index is 0.0114. The Kier molecular flexibility index (Phi) is 3.80. The van der Waals surface area contributed by atoms with Crippen molar-refractivity contribution in [3.63, 3.8) is 0 Å². The topological polar surface area (TPSA) is 77.3 Å². The highest BCUT2D eigenvalue weighted by molar-refractivity contribution is 7.89. The van der Waals surface area contributed by atoms with Crippen molar-refractivity contribution in [2.75, 3.05) is 0 Å². The number of aryl methyl sites for hydroxylation is 1. The van der Waals surface area contributed by atoms with Gasteiger partial charge in [0.2, 0.25) is 15.9 Å². The average Bonchev–Trinajstić information content (AvgIpc) is 3.11. The quantitative estimate of drug-likeness (QED) is 0.838. The molecule has 0 spiro atoms. The van der Waals surface area contributed by atoms with Crippen LogP contribution in [-0.4, -0.2) is 45.7 Å². The van der Waals surface area contributed by atoms with Crippen molar-refractivity contribution < 1.29 is 13.2 Å². The van der Waals surface area contributed by atoms with Crippen molar-refractivity contribution in [3.05, 3.63) is 36.8 Å². The normalized spacial score (nSPS) is 27.3. The van der Waals surface area contributed by atoms with Gasteiger partial charge in [0, 0.05) is 50.4 Å². The van der Waals surface area contributed by atoms with Gasteiger partial charge < -0.3 is 4.74 Å². The second-order valence-corrected chi connectivity index (χ2v) is 8.29. The van der Waals surface area contributed by atoms with E-state index >= 15 is 0 Å². The van der Waals surface area contributed by atoms with Gasteiger partial charge >= 0.3 is 0 Å². The molecule has 7 nitrogen and oxygen atoms in total. The van der Waals surface area contributed by atoms with Crippen molar-refractivity contribution >= 4 is 10.0 Å². The molecule has 4 heterocycles. The summed E-state index contributed by atoms with van der Waals surface area (Å²) in [6.07, 6.45) is 7.86. The van der Waals surface area contributed by atoms with Gasteiger partial charge in [0.25, 0.3) is 0 Å². The molecule has 0 aromatic carbocycles. The summed E-state index contributed by atoms with van der Waals surface area (Å²) in [5.41, 5.74) is 0. The second-order valence-electron chi connectivity index (χ2n) is 6.45. The molecule has 2 aromatic heterocycles. The van der Waals surface area contributed by atoms with Crippen molar-refractivity contribution in [2.45, 2.75) is 48.8 Å². The van der Waals surface area contributed by atoms with Crippen LogP contribution in [0, 0.1) is 0 Å². The highest BCUT2D eigenvalue weighted by Crippen LogP contribution is 2.40. The summed E-state index contributed by atoms with van der Waals surface area (Å²) >= 11 is 0. The van der Waals surface area contributed by atoms with Crippen LogP contribution >= 0.6 is 0 Å². The van der Waals surface area contributed by atoms with E-state index in [1.807, 2.05) is 18.2 Å². The summed E-state index contributed by atoms with van der Waals surface area (Å²) in [7, 11) is -1.77. The Morgan fingerprint density at radius 1 is 1.21 bits per heavy atom. The number of aromatic nitrogens is 3. The van der Waals surface area contributed by atoms with Gasteiger partial charge in [0.1, 0.15) is 11.0 Å². The van der Waals surface area contributed by atoms with Gasteiger partial charge in [0.05, 0.1) is 6.20 Å². The van der Waals surface area contributed by atoms with Crippen LogP contribution in [0.5, 0.6) is 5.88 Å². The minimum atomic E-state index is -3.49. The number of fused-ring (bicyclic) bond motifs is 2. The first-order chi connectivity index (χ1) is 11.5. The van der Waals surface area contributed by atoms with E-state index in [2.05, 4.69) is 10.1 Å². The summed E-state index contributed by atoms with van der Waals surface area (Å²) in [5, 5.41) is 4.00. The van der Waals surface area contributed by atoms with Crippen LogP contribution in [-0.2, 0) is 17.1 Å². The molecule has 2 bridgehead atoms. The Hall–Kier alpha value is -1.93. The van der Waals surface area contributed by atoms with Crippen LogP contribution in [0.2, 0.25) is 0 Å². The van der Waals surface area contributed by atoms with E-state index in [1.54, 1.807) is 23.7 Å². The van der Waals surface area contributed by atoms with E-state index < -0.39 is 10.0 Å². The maximum Gasteiger partial charge on any atom is 0.246 e. The molecule has 0 radical (unpaired) electrons. The minimum Gasteiger partial charge on any atom is -0.474 e. The lowest BCUT2D eigenvalue weighted by atomic mass is 10.0. The predicted octanol–water partition coefficient (Wildman–Crippen LogP) is 1.58. The van der Waals surface area contributed by atoms with Crippen LogP contribution in [0.25, 0.3) is 0 Å². The molecule has 0 aliphatic carbocycles. The first-order valence-corrected chi connectivity index (χ1v) is 9.58. The van der Waals surface area contributed by atoms with Crippen LogP contribution < -0.4 is 4.74 Å². The molecule has 2 fully saturated rings. The molecular weight excluding hydrogens is 328 g/mol. The monoisotopic (exact) mass is 348 g/mol. The van der Waals surface area contributed by atoms with Crippen LogP contribution in [0.15, 0.2) is 41.7 Å². The van der Waals surface area contributed by atoms with Gasteiger partial charge in [-0.05, 0) is 18.9 Å². The van der Waals surface area contributed by atoms with Crippen molar-refractivity contribution in [1.82, 2.24) is 19.1 Å². The zero-order valence-corrected chi connectivity index (χ0v) is 14.3. The first-order valence-electron chi connectivity index (χ1n) is 8.14. The smallest absolute Gasteiger partial charge is 0.246 e. The molecule has 0 saturated carbocycles. The molecule has 0 amide bonds. The number of ether oxygens (including phenoxy) is 1. The molecule has 2 aromatic rings. The highest BCUT2D eigenvalue weighted by atomic mass is 32.2. The van der Waals surface area contributed by atoms with Crippen LogP contribution in [0.4, 0.5) is 0 Å². The van der Waals surface area contributed by atoms with E-state index in [0.29, 0.717) is 18.7 Å². The molecule has 2 atom stereocenters. The Morgan fingerprint density at radius 3 is 2.54 bits per heavy atom. The largest absolute Gasteiger partial charge is 0.474 e. The summed E-state index contributed by atoms with van der Waals surface area (Å²) in [5.74, 6) is 0.602. The number of pyridine rings is 1. The Morgan fingerprint density at radius 2 is 1.96 bits per heavy atom. The van der Waals surface area contributed by atoms with Crippen LogP contribution in [0.1, 0.15) is 25.7 Å². The molecule has 0 N–H and O–H groups in total. The van der Waals surface area contributed by atoms with Gasteiger partial charge in [0.15, 0.2) is 0 Å². The molecule has 128 valence electrons. The fraction of sp³-hybridized carbons (Fsp3) is 0.500. The van der Waals surface area contributed by atoms with E-state index in [4.69, 9.17) is 4.74 Å². The van der Waals surface area contributed by atoms with Gasteiger partial charge in [-0.3, -0.25) is 4.68 Å². The lowest BCUT2D eigenvalue weighted by molar-refractivity contribution is 0.0918. The second kappa shape index (κ2) is 5.86. The Bertz CT molecular complexity index is 807. The fourth-order valence-corrected chi connectivity index (χ4v) is 5.69. The summed E-state index contributed by atoms with van der Waals surface area (Å²) in [6.45, 7) is 0. The average molecular weight is 348 g/mol. The van der Waals surface area contributed by atoms with E-state index in [9.17, 15) is 8.42 Å².